The predicted octanol–water partition coefficient (Wildman–Crippen LogP) is 4.18. The molecule has 0 aromatic heterocycles. The zero-order valence-electron chi connectivity index (χ0n) is 20.3. The minimum absolute atomic E-state index is 0.0448. The second-order valence-electron chi connectivity index (χ2n) is 8.95. The lowest BCUT2D eigenvalue weighted by Crippen LogP contribution is -2.37. The minimum atomic E-state index is -0.168. The van der Waals surface area contributed by atoms with Crippen LogP contribution >= 0.6 is 0 Å². The van der Waals surface area contributed by atoms with E-state index in [-0.39, 0.29) is 42.5 Å². The summed E-state index contributed by atoms with van der Waals surface area (Å²) in [6.07, 6.45) is 5.49. The smallest absolute Gasteiger partial charge is 0.233 e. The number of fused-ring (bicyclic) bond motifs is 1. The average Bonchev–Trinajstić information content (AvgIpc) is 3.06. The highest BCUT2D eigenvalue weighted by molar-refractivity contribution is 6.05. The number of nitrogens with zero attached hydrogens (tertiary/aromatic N) is 2. The minimum Gasteiger partial charge on any atom is -0.490 e. The zero-order chi connectivity index (χ0) is 23.8. The highest BCUT2D eigenvalue weighted by Crippen LogP contribution is 2.38. The molecule has 1 saturated carbocycles. The van der Waals surface area contributed by atoms with Crippen molar-refractivity contribution in [3.05, 3.63) is 23.8 Å². The second-order valence-corrected chi connectivity index (χ2v) is 8.95. The Hall–Kier alpha value is -2.57. The summed E-state index contributed by atoms with van der Waals surface area (Å²) in [6.45, 7) is 8.42. The van der Waals surface area contributed by atoms with Gasteiger partial charge in [-0.25, -0.2) is 0 Å². The van der Waals surface area contributed by atoms with E-state index >= 15 is 0 Å². The Morgan fingerprint density at radius 3 is 2.30 bits per heavy atom. The van der Waals surface area contributed by atoms with Gasteiger partial charge in [-0.3, -0.25) is 19.3 Å². The third kappa shape index (κ3) is 6.06. The van der Waals surface area contributed by atoms with Gasteiger partial charge in [0.1, 0.15) is 0 Å². The van der Waals surface area contributed by atoms with E-state index in [2.05, 4.69) is 6.92 Å². The lowest BCUT2D eigenvalue weighted by Gasteiger charge is -2.24. The molecule has 7 heteroatoms. The Kier molecular flexibility index (Phi) is 9.15. The van der Waals surface area contributed by atoms with Crippen LogP contribution < -0.4 is 9.47 Å². The molecule has 3 rings (SSSR count). The van der Waals surface area contributed by atoms with Crippen LogP contribution in [0.25, 0.3) is 0 Å². The van der Waals surface area contributed by atoms with Crippen LogP contribution in [0.1, 0.15) is 71.3 Å². The molecule has 1 saturated heterocycles. The lowest BCUT2D eigenvalue weighted by atomic mass is 9.81. The van der Waals surface area contributed by atoms with Crippen molar-refractivity contribution in [1.29, 1.82) is 0 Å². The van der Waals surface area contributed by atoms with Crippen molar-refractivity contribution in [2.24, 2.45) is 11.8 Å². The fraction of sp³-hybridized carbons (Fsp3) is 0.654. The van der Waals surface area contributed by atoms with Crippen molar-refractivity contribution in [3.63, 3.8) is 0 Å². The zero-order valence-corrected chi connectivity index (χ0v) is 20.3. The van der Waals surface area contributed by atoms with Gasteiger partial charge < -0.3 is 14.4 Å². The van der Waals surface area contributed by atoms with Gasteiger partial charge in [-0.15, -0.1) is 0 Å². The summed E-state index contributed by atoms with van der Waals surface area (Å²) in [6, 6.07) is 5.79. The number of likely N-dealkylation sites (tertiary alicyclic amines) is 1. The summed E-state index contributed by atoms with van der Waals surface area (Å²) in [5.74, 6) is 0.854. The van der Waals surface area contributed by atoms with E-state index in [1.807, 2.05) is 32.0 Å². The maximum absolute atomic E-state index is 13.1. The third-order valence-corrected chi connectivity index (χ3v) is 6.47. The van der Waals surface area contributed by atoms with Gasteiger partial charge in [0.15, 0.2) is 11.5 Å². The van der Waals surface area contributed by atoms with Crippen LogP contribution in [0.4, 0.5) is 0 Å². The number of rotatable bonds is 12. The Labute approximate surface area is 197 Å². The molecule has 0 bridgehead atoms. The standard InChI is InChI=1S/C26H38N2O5/c1-4-14-27(18-19-11-12-22(33-16-5-2)23(17-19)32-6-3)24(29)13-15-28-25(30)20-9-7-8-10-21(20)26(28)31/h11-12,17,20-21H,4-10,13-16,18H2,1-3H3. The number of hydrogen-bond acceptors (Lipinski definition) is 5. The summed E-state index contributed by atoms with van der Waals surface area (Å²) >= 11 is 0. The first-order valence-electron chi connectivity index (χ1n) is 12.5. The molecular formula is C26H38N2O5. The molecule has 33 heavy (non-hydrogen) atoms. The van der Waals surface area contributed by atoms with E-state index in [0.29, 0.717) is 37.8 Å². The van der Waals surface area contributed by atoms with Crippen LogP contribution in [0.2, 0.25) is 0 Å². The lowest BCUT2D eigenvalue weighted by molar-refractivity contribution is -0.141. The number of imide groups is 1. The molecule has 7 nitrogen and oxygen atoms in total. The van der Waals surface area contributed by atoms with Crippen molar-refractivity contribution < 1.29 is 23.9 Å². The third-order valence-electron chi connectivity index (χ3n) is 6.47. The molecule has 0 spiro atoms. The Bertz CT molecular complexity index is 816. The highest BCUT2D eigenvalue weighted by atomic mass is 16.5. The molecule has 2 unspecified atom stereocenters. The van der Waals surface area contributed by atoms with Crippen LogP contribution in [-0.4, -0.2) is 53.8 Å². The van der Waals surface area contributed by atoms with Gasteiger partial charge in [0.25, 0.3) is 0 Å². The van der Waals surface area contributed by atoms with Gasteiger partial charge in [-0.1, -0.05) is 32.8 Å². The SMILES string of the molecule is CCCOc1ccc(CN(CCC)C(=O)CCN2C(=O)C3CCCCC3C2=O)cc1OCC. The van der Waals surface area contributed by atoms with E-state index in [4.69, 9.17) is 9.47 Å². The van der Waals surface area contributed by atoms with Crippen LogP contribution in [0.15, 0.2) is 18.2 Å². The van der Waals surface area contributed by atoms with Gasteiger partial charge >= 0.3 is 0 Å². The molecule has 1 aliphatic carbocycles. The Morgan fingerprint density at radius 2 is 1.70 bits per heavy atom. The monoisotopic (exact) mass is 458 g/mol. The maximum Gasteiger partial charge on any atom is 0.233 e. The molecule has 3 amide bonds. The first-order valence-corrected chi connectivity index (χ1v) is 12.5. The van der Waals surface area contributed by atoms with E-state index in [0.717, 1.165) is 44.1 Å². The van der Waals surface area contributed by atoms with Crippen LogP contribution in [0.3, 0.4) is 0 Å². The predicted molar refractivity (Wildman–Crippen MR) is 126 cm³/mol. The average molecular weight is 459 g/mol. The molecule has 1 aromatic carbocycles. The molecule has 182 valence electrons. The topological polar surface area (TPSA) is 76.2 Å². The maximum atomic E-state index is 13.1. The van der Waals surface area contributed by atoms with Crippen LogP contribution in [-0.2, 0) is 20.9 Å². The van der Waals surface area contributed by atoms with Crippen molar-refractivity contribution in [1.82, 2.24) is 9.80 Å². The number of carbonyl (C=O) groups is 3. The highest BCUT2D eigenvalue weighted by Gasteiger charge is 2.47. The van der Waals surface area contributed by atoms with Crippen molar-refractivity contribution in [2.45, 2.75) is 72.3 Å². The van der Waals surface area contributed by atoms with Gasteiger partial charge in [0.05, 0.1) is 25.0 Å². The number of amides is 3. The molecule has 1 aromatic rings. The van der Waals surface area contributed by atoms with E-state index in [1.165, 1.54) is 4.90 Å². The van der Waals surface area contributed by atoms with Gasteiger partial charge in [0, 0.05) is 26.1 Å². The largest absolute Gasteiger partial charge is 0.490 e. The van der Waals surface area contributed by atoms with Crippen LogP contribution in [0, 0.1) is 11.8 Å². The number of benzene rings is 1. The summed E-state index contributed by atoms with van der Waals surface area (Å²) in [5, 5.41) is 0. The van der Waals surface area contributed by atoms with Gasteiger partial charge in [0.2, 0.25) is 17.7 Å². The summed E-state index contributed by atoms with van der Waals surface area (Å²) in [4.78, 5) is 41.6. The summed E-state index contributed by atoms with van der Waals surface area (Å²) < 4.78 is 11.5. The van der Waals surface area contributed by atoms with E-state index < -0.39 is 0 Å². The normalized spacial score (nSPS) is 20.0. The van der Waals surface area contributed by atoms with Crippen molar-refractivity contribution in [3.8, 4) is 11.5 Å². The molecule has 1 heterocycles. The summed E-state index contributed by atoms with van der Waals surface area (Å²) in [5.41, 5.74) is 0.962. The molecule has 2 atom stereocenters. The van der Waals surface area contributed by atoms with Gasteiger partial charge in [-0.05, 0) is 50.3 Å². The van der Waals surface area contributed by atoms with Gasteiger partial charge in [-0.2, -0.15) is 0 Å². The molecule has 2 aliphatic rings. The molecular weight excluding hydrogens is 420 g/mol. The van der Waals surface area contributed by atoms with E-state index in [1.54, 1.807) is 4.90 Å². The fourth-order valence-corrected chi connectivity index (χ4v) is 4.85. The molecule has 0 N–H and O–H groups in total. The Balaban J connectivity index is 1.63. The molecule has 1 aliphatic heterocycles. The summed E-state index contributed by atoms with van der Waals surface area (Å²) in [7, 11) is 0. The van der Waals surface area contributed by atoms with Crippen molar-refractivity contribution in [2.75, 3.05) is 26.3 Å². The first kappa shape index (κ1) is 25.1. The number of ether oxygens (including phenoxy) is 2. The Morgan fingerprint density at radius 1 is 1.00 bits per heavy atom. The van der Waals surface area contributed by atoms with Crippen molar-refractivity contribution >= 4 is 17.7 Å². The number of hydrogen-bond donors (Lipinski definition) is 0. The van der Waals surface area contributed by atoms with E-state index in [9.17, 15) is 14.4 Å². The molecule has 0 radical (unpaired) electrons. The molecule has 2 fully saturated rings. The number of carbonyl (C=O) groups excluding carboxylic acids is 3. The van der Waals surface area contributed by atoms with Crippen LogP contribution in [0.5, 0.6) is 11.5 Å². The fourth-order valence-electron chi connectivity index (χ4n) is 4.85. The first-order chi connectivity index (χ1) is 16.0. The quantitative estimate of drug-likeness (QED) is 0.439. The second kappa shape index (κ2) is 12.1.